The number of ether oxygens (including phenoxy) is 2. The Morgan fingerprint density at radius 2 is 1.94 bits per heavy atom. The molecular weight excluding hydrogens is 484 g/mol. The van der Waals surface area contributed by atoms with Gasteiger partial charge in [0.15, 0.2) is 10.8 Å². The minimum Gasteiger partial charge on any atom is -0.462 e. The molecule has 0 aliphatic rings. The topological polar surface area (TPSA) is 133 Å². The van der Waals surface area contributed by atoms with E-state index in [2.05, 4.69) is 30.4 Å². The maximum Gasteiger partial charge on any atom is 0.257 e. The van der Waals surface area contributed by atoms with E-state index in [0.29, 0.717) is 67.4 Å². The molecule has 4 aromatic rings. The summed E-state index contributed by atoms with van der Waals surface area (Å²) in [4.78, 5) is 28.5. The Kier molecular flexibility index (Phi) is 8.76. The molecule has 0 aliphatic heterocycles. The van der Waals surface area contributed by atoms with E-state index in [1.54, 1.807) is 30.5 Å². The molecule has 0 radical (unpaired) electrons. The standard InChI is InChI=1S/C24H28N6O5S/c1-3-21(31)25-8-11-33-13-14-34-12-9-30-16(2)26-18-15-17(6-7-19(18)30)22(32)27-24-29-28-23(36-24)20-5-4-10-35-20/h4-7,10,15H,3,8-9,11-14H2,1-2H3,(H,25,31)(H,27,29,32). The molecule has 0 aliphatic carbocycles. The number of amides is 2. The second kappa shape index (κ2) is 12.4. The first-order chi connectivity index (χ1) is 17.5. The zero-order chi connectivity index (χ0) is 25.3. The maximum absolute atomic E-state index is 12.7. The fourth-order valence-corrected chi connectivity index (χ4v) is 4.19. The van der Waals surface area contributed by atoms with Crippen LogP contribution >= 0.6 is 11.3 Å². The van der Waals surface area contributed by atoms with Crippen molar-refractivity contribution in [2.75, 3.05) is 38.3 Å². The molecule has 0 bridgehead atoms. The van der Waals surface area contributed by atoms with Crippen molar-refractivity contribution in [1.82, 2.24) is 25.1 Å². The van der Waals surface area contributed by atoms with E-state index >= 15 is 0 Å². The van der Waals surface area contributed by atoms with Crippen LogP contribution in [-0.2, 0) is 20.8 Å². The van der Waals surface area contributed by atoms with Gasteiger partial charge in [0.25, 0.3) is 5.91 Å². The SMILES string of the molecule is CCC(=O)NCCOCCOCCn1c(C)nc2cc(C(=O)Nc3nnc(-c4ccco4)s3)ccc21. The predicted octanol–water partition coefficient (Wildman–Crippen LogP) is 3.27. The number of anilines is 1. The molecule has 4 rings (SSSR count). The van der Waals surface area contributed by atoms with Crippen molar-refractivity contribution >= 4 is 39.3 Å². The highest BCUT2D eigenvalue weighted by molar-refractivity contribution is 7.18. The van der Waals surface area contributed by atoms with Gasteiger partial charge in [-0.25, -0.2) is 4.98 Å². The number of benzene rings is 1. The third-order valence-corrected chi connectivity index (χ3v) is 6.15. The van der Waals surface area contributed by atoms with Gasteiger partial charge in [0.05, 0.1) is 43.7 Å². The lowest BCUT2D eigenvalue weighted by Gasteiger charge is -2.09. The average molecular weight is 513 g/mol. The molecule has 1 aromatic carbocycles. The summed E-state index contributed by atoms with van der Waals surface area (Å²) in [5.74, 6) is 1.16. The number of furan rings is 1. The maximum atomic E-state index is 12.7. The fraction of sp³-hybridized carbons (Fsp3) is 0.375. The summed E-state index contributed by atoms with van der Waals surface area (Å²) in [5.41, 5.74) is 2.13. The Morgan fingerprint density at radius 1 is 1.11 bits per heavy atom. The van der Waals surface area contributed by atoms with Gasteiger partial charge >= 0.3 is 0 Å². The number of imidazole rings is 1. The van der Waals surface area contributed by atoms with E-state index < -0.39 is 0 Å². The normalized spacial score (nSPS) is 11.2. The van der Waals surface area contributed by atoms with E-state index in [0.717, 1.165) is 16.9 Å². The van der Waals surface area contributed by atoms with Gasteiger partial charge in [-0.15, -0.1) is 10.2 Å². The highest BCUT2D eigenvalue weighted by atomic mass is 32.1. The van der Waals surface area contributed by atoms with Crippen molar-refractivity contribution in [1.29, 1.82) is 0 Å². The van der Waals surface area contributed by atoms with Crippen molar-refractivity contribution in [3.05, 3.63) is 48.0 Å². The highest BCUT2D eigenvalue weighted by Gasteiger charge is 2.15. The van der Waals surface area contributed by atoms with Gasteiger partial charge in [-0.05, 0) is 37.3 Å². The third kappa shape index (κ3) is 6.53. The summed E-state index contributed by atoms with van der Waals surface area (Å²) in [6, 6.07) is 8.96. The molecule has 190 valence electrons. The quantitative estimate of drug-likeness (QED) is 0.261. The Labute approximate surface area is 211 Å². The first-order valence-corrected chi connectivity index (χ1v) is 12.4. The molecule has 3 aromatic heterocycles. The van der Waals surface area contributed by atoms with Crippen molar-refractivity contribution in [3.63, 3.8) is 0 Å². The van der Waals surface area contributed by atoms with Crippen LogP contribution in [0.2, 0.25) is 0 Å². The number of fused-ring (bicyclic) bond motifs is 1. The molecule has 0 unspecified atom stereocenters. The molecule has 12 heteroatoms. The smallest absolute Gasteiger partial charge is 0.257 e. The van der Waals surface area contributed by atoms with E-state index in [4.69, 9.17) is 13.9 Å². The van der Waals surface area contributed by atoms with Crippen LogP contribution in [0.4, 0.5) is 5.13 Å². The van der Waals surface area contributed by atoms with Gasteiger partial charge in [-0.3, -0.25) is 14.9 Å². The molecule has 2 amide bonds. The number of carbonyl (C=O) groups is 2. The molecule has 0 saturated heterocycles. The van der Waals surface area contributed by atoms with Gasteiger partial charge in [-0.1, -0.05) is 18.3 Å². The summed E-state index contributed by atoms with van der Waals surface area (Å²) in [6.45, 7) is 6.74. The van der Waals surface area contributed by atoms with E-state index in [1.807, 2.05) is 19.9 Å². The molecule has 0 fully saturated rings. The molecule has 3 heterocycles. The number of hydrogen-bond donors (Lipinski definition) is 2. The predicted molar refractivity (Wildman–Crippen MR) is 135 cm³/mol. The van der Waals surface area contributed by atoms with Gasteiger partial charge in [0.2, 0.25) is 11.0 Å². The number of hydrogen-bond acceptors (Lipinski definition) is 9. The van der Waals surface area contributed by atoms with Crippen molar-refractivity contribution < 1.29 is 23.5 Å². The molecular formula is C24H28N6O5S. The first-order valence-electron chi connectivity index (χ1n) is 11.6. The number of rotatable bonds is 13. The minimum atomic E-state index is -0.288. The summed E-state index contributed by atoms with van der Waals surface area (Å²) in [7, 11) is 0. The van der Waals surface area contributed by atoms with Crippen molar-refractivity contribution in [2.45, 2.75) is 26.8 Å². The Hall–Kier alpha value is -3.61. The summed E-state index contributed by atoms with van der Waals surface area (Å²) < 4.78 is 18.5. The lowest BCUT2D eigenvalue weighted by Crippen LogP contribution is -2.26. The average Bonchev–Trinajstić information content (AvgIpc) is 3.63. The van der Waals surface area contributed by atoms with Crippen LogP contribution in [0.25, 0.3) is 21.8 Å². The van der Waals surface area contributed by atoms with E-state index in [9.17, 15) is 9.59 Å². The molecule has 0 atom stereocenters. The Bertz CT molecular complexity index is 1300. The number of carbonyl (C=O) groups excluding carboxylic acids is 2. The van der Waals surface area contributed by atoms with Crippen LogP contribution in [0.5, 0.6) is 0 Å². The summed E-state index contributed by atoms with van der Waals surface area (Å²) in [6.07, 6.45) is 2.03. The lowest BCUT2D eigenvalue weighted by molar-refractivity contribution is -0.121. The van der Waals surface area contributed by atoms with Gasteiger partial charge in [-0.2, -0.15) is 0 Å². The summed E-state index contributed by atoms with van der Waals surface area (Å²) >= 11 is 1.24. The Morgan fingerprint density at radius 3 is 2.72 bits per heavy atom. The van der Waals surface area contributed by atoms with Crippen molar-refractivity contribution in [2.24, 2.45) is 0 Å². The molecule has 2 N–H and O–H groups in total. The van der Waals surface area contributed by atoms with Crippen LogP contribution in [0.1, 0.15) is 29.5 Å². The van der Waals surface area contributed by atoms with E-state index in [-0.39, 0.29) is 11.8 Å². The second-order valence-electron chi connectivity index (χ2n) is 7.79. The first kappa shape index (κ1) is 25.5. The van der Waals surface area contributed by atoms with E-state index in [1.165, 1.54) is 11.3 Å². The molecule has 11 nitrogen and oxygen atoms in total. The van der Waals surface area contributed by atoms with Gasteiger partial charge in [0.1, 0.15) is 5.82 Å². The van der Waals surface area contributed by atoms with Crippen LogP contribution in [0.3, 0.4) is 0 Å². The summed E-state index contributed by atoms with van der Waals surface area (Å²) in [5, 5.41) is 14.6. The fourth-order valence-electron chi connectivity index (χ4n) is 3.48. The third-order valence-electron chi connectivity index (χ3n) is 5.30. The van der Waals surface area contributed by atoms with Crippen LogP contribution < -0.4 is 10.6 Å². The number of aryl methyl sites for hydroxylation is 1. The van der Waals surface area contributed by atoms with Crippen LogP contribution in [0.15, 0.2) is 41.0 Å². The number of nitrogens with zero attached hydrogens (tertiary/aromatic N) is 4. The highest BCUT2D eigenvalue weighted by Crippen LogP contribution is 2.27. The Balaban J connectivity index is 1.25. The second-order valence-corrected chi connectivity index (χ2v) is 8.76. The van der Waals surface area contributed by atoms with Gasteiger partial charge in [0, 0.05) is 25.1 Å². The molecule has 0 saturated carbocycles. The zero-order valence-electron chi connectivity index (χ0n) is 20.2. The molecule has 0 spiro atoms. The minimum absolute atomic E-state index is 0.0158. The monoisotopic (exact) mass is 512 g/mol. The van der Waals surface area contributed by atoms with Crippen LogP contribution in [-0.4, -0.2) is 64.5 Å². The zero-order valence-corrected chi connectivity index (χ0v) is 21.0. The largest absolute Gasteiger partial charge is 0.462 e. The van der Waals surface area contributed by atoms with Crippen LogP contribution in [0, 0.1) is 6.92 Å². The van der Waals surface area contributed by atoms with Crippen molar-refractivity contribution in [3.8, 4) is 10.8 Å². The number of aromatic nitrogens is 4. The number of nitrogens with one attached hydrogen (secondary N) is 2. The molecule has 36 heavy (non-hydrogen) atoms. The van der Waals surface area contributed by atoms with Gasteiger partial charge < -0.3 is 23.8 Å². The lowest BCUT2D eigenvalue weighted by atomic mass is 10.2.